The number of carbonyl (C=O) groups excluding carboxylic acids is 1. The Labute approximate surface area is 142 Å². The summed E-state index contributed by atoms with van der Waals surface area (Å²) in [6, 6.07) is 7.39. The second-order valence-corrected chi connectivity index (χ2v) is 5.97. The third kappa shape index (κ3) is 6.06. The lowest BCUT2D eigenvalue weighted by Crippen LogP contribution is -2.24. The van der Waals surface area contributed by atoms with Gasteiger partial charge in [-0.1, -0.05) is 37.8 Å². The number of unbranched alkanes of at least 4 members (excludes halogenated alkanes) is 3. The molecule has 0 aliphatic heterocycles. The summed E-state index contributed by atoms with van der Waals surface area (Å²) in [7, 11) is 0. The van der Waals surface area contributed by atoms with E-state index < -0.39 is 0 Å². The lowest BCUT2D eigenvalue weighted by atomic mass is 10.2. The second-order valence-electron chi connectivity index (χ2n) is 5.54. The van der Waals surface area contributed by atoms with E-state index in [2.05, 4.69) is 17.2 Å². The van der Waals surface area contributed by atoms with Crippen LogP contribution in [-0.2, 0) is 11.2 Å². The van der Waals surface area contributed by atoms with Crippen LogP contribution in [0, 0.1) is 0 Å². The molecule has 0 spiro atoms. The molecule has 5 heteroatoms. The number of oxazole rings is 1. The van der Waals surface area contributed by atoms with Crippen LogP contribution in [0.3, 0.4) is 0 Å². The van der Waals surface area contributed by atoms with Crippen molar-refractivity contribution in [2.75, 3.05) is 6.54 Å². The Balaban J connectivity index is 1.74. The van der Waals surface area contributed by atoms with Gasteiger partial charge in [0.15, 0.2) is 11.7 Å². The zero-order chi connectivity index (χ0) is 16.5. The average molecular weight is 335 g/mol. The molecule has 0 aliphatic carbocycles. The largest absolute Gasteiger partial charge is 0.441 e. The van der Waals surface area contributed by atoms with Crippen LogP contribution in [0.25, 0.3) is 11.3 Å². The highest BCUT2D eigenvalue weighted by Crippen LogP contribution is 2.22. The summed E-state index contributed by atoms with van der Waals surface area (Å²) in [4.78, 5) is 16.0. The fraction of sp³-hybridized carbons (Fsp3) is 0.444. The molecule has 1 heterocycles. The maximum absolute atomic E-state index is 11.8. The van der Waals surface area contributed by atoms with Crippen LogP contribution in [-0.4, -0.2) is 17.4 Å². The summed E-state index contributed by atoms with van der Waals surface area (Å²) in [6.07, 6.45) is 7.22. The molecular formula is C18H23ClN2O2. The molecule has 0 fully saturated rings. The summed E-state index contributed by atoms with van der Waals surface area (Å²) < 4.78 is 5.68. The third-order valence-electron chi connectivity index (χ3n) is 3.60. The third-order valence-corrected chi connectivity index (χ3v) is 3.85. The molecule has 0 radical (unpaired) electrons. The van der Waals surface area contributed by atoms with Crippen LogP contribution < -0.4 is 5.32 Å². The van der Waals surface area contributed by atoms with Crippen LogP contribution in [0.2, 0.25) is 5.02 Å². The van der Waals surface area contributed by atoms with Crippen LogP contribution in [0.5, 0.6) is 0 Å². The second kappa shape index (κ2) is 9.36. The van der Waals surface area contributed by atoms with Gasteiger partial charge < -0.3 is 9.73 Å². The van der Waals surface area contributed by atoms with Gasteiger partial charge in [-0.25, -0.2) is 4.98 Å². The number of aryl methyl sites for hydroxylation is 1. The quantitative estimate of drug-likeness (QED) is 0.680. The van der Waals surface area contributed by atoms with Crippen molar-refractivity contribution in [3.63, 3.8) is 0 Å². The van der Waals surface area contributed by atoms with Crippen LogP contribution >= 0.6 is 11.6 Å². The first-order chi connectivity index (χ1) is 11.2. The molecule has 1 aromatic carbocycles. The number of hydrogen-bond acceptors (Lipinski definition) is 3. The molecule has 0 saturated carbocycles. The summed E-state index contributed by atoms with van der Waals surface area (Å²) in [5.74, 6) is 1.32. The van der Waals surface area contributed by atoms with Crippen molar-refractivity contribution >= 4 is 17.5 Å². The minimum Gasteiger partial charge on any atom is -0.441 e. The van der Waals surface area contributed by atoms with Gasteiger partial charge in [0.25, 0.3) is 0 Å². The number of nitrogens with zero attached hydrogens (tertiary/aromatic N) is 1. The highest BCUT2D eigenvalue weighted by molar-refractivity contribution is 6.30. The van der Waals surface area contributed by atoms with Crippen molar-refractivity contribution < 1.29 is 9.21 Å². The summed E-state index contributed by atoms with van der Waals surface area (Å²) in [5, 5.41) is 3.62. The smallest absolute Gasteiger partial charge is 0.220 e. The van der Waals surface area contributed by atoms with Gasteiger partial charge >= 0.3 is 0 Å². The van der Waals surface area contributed by atoms with E-state index in [0.29, 0.717) is 29.5 Å². The molecule has 0 atom stereocenters. The predicted octanol–water partition coefficient (Wildman–Crippen LogP) is 4.62. The van der Waals surface area contributed by atoms with Gasteiger partial charge in [0, 0.05) is 30.0 Å². The fourth-order valence-electron chi connectivity index (χ4n) is 2.26. The van der Waals surface area contributed by atoms with E-state index in [1.165, 1.54) is 19.3 Å². The topological polar surface area (TPSA) is 55.1 Å². The number of halogens is 1. The monoisotopic (exact) mass is 334 g/mol. The molecule has 2 aromatic rings. The average Bonchev–Trinajstić information content (AvgIpc) is 3.02. The number of aromatic nitrogens is 1. The first-order valence-electron chi connectivity index (χ1n) is 8.16. The Bertz CT molecular complexity index is 608. The Kier molecular flexibility index (Phi) is 7.14. The maximum atomic E-state index is 11.8. The van der Waals surface area contributed by atoms with Crippen molar-refractivity contribution in [3.05, 3.63) is 41.4 Å². The number of carbonyl (C=O) groups is 1. The maximum Gasteiger partial charge on any atom is 0.220 e. The van der Waals surface area contributed by atoms with Crippen molar-refractivity contribution in [1.82, 2.24) is 10.3 Å². The number of benzene rings is 1. The van der Waals surface area contributed by atoms with Crippen molar-refractivity contribution in [3.8, 4) is 11.3 Å². The van der Waals surface area contributed by atoms with Crippen LogP contribution in [0.15, 0.2) is 34.9 Å². The molecule has 0 aliphatic rings. The molecule has 23 heavy (non-hydrogen) atoms. The molecule has 124 valence electrons. The highest BCUT2D eigenvalue weighted by atomic mass is 35.5. The summed E-state index contributed by atoms with van der Waals surface area (Å²) in [5.41, 5.74) is 0.925. The van der Waals surface area contributed by atoms with Crippen molar-refractivity contribution in [1.29, 1.82) is 0 Å². The molecule has 1 N–H and O–H groups in total. The number of hydrogen-bond donors (Lipinski definition) is 1. The van der Waals surface area contributed by atoms with Gasteiger partial charge in [-0.15, -0.1) is 0 Å². The molecule has 1 aromatic heterocycles. The first-order valence-corrected chi connectivity index (χ1v) is 8.54. The van der Waals surface area contributed by atoms with Crippen LogP contribution in [0.1, 0.15) is 44.9 Å². The van der Waals surface area contributed by atoms with E-state index in [0.717, 1.165) is 18.5 Å². The number of rotatable bonds is 9. The molecule has 0 bridgehead atoms. The fourth-order valence-corrected chi connectivity index (χ4v) is 2.39. The number of nitrogens with one attached hydrogen (secondary N) is 1. The van der Waals surface area contributed by atoms with Gasteiger partial charge in [0.1, 0.15) is 0 Å². The zero-order valence-corrected chi connectivity index (χ0v) is 14.2. The van der Waals surface area contributed by atoms with E-state index in [-0.39, 0.29) is 5.91 Å². The van der Waals surface area contributed by atoms with Crippen molar-refractivity contribution in [2.24, 2.45) is 0 Å². The predicted molar refractivity (Wildman–Crippen MR) is 92.4 cm³/mol. The molecule has 2 rings (SSSR count). The zero-order valence-electron chi connectivity index (χ0n) is 13.5. The minimum absolute atomic E-state index is 0.0488. The van der Waals surface area contributed by atoms with E-state index in [1.54, 1.807) is 6.20 Å². The van der Waals surface area contributed by atoms with Gasteiger partial charge in [-0.2, -0.15) is 0 Å². The molecule has 0 saturated heterocycles. The molecular weight excluding hydrogens is 312 g/mol. The minimum atomic E-state index is 0.0488. The van der Waals surface area contributed by atoms with Gasteiger partial charge in [-0.3, -0.25) is 4.79 Å². The normalized spacial score (nSPS) is 10.7. The molecule has 0 unspecified atom stereocenters. The Morgan fingerprint density at radius 1 is 1.22 bits per heavy atom. The first kappa shape index (κ1) is 17.5. The van der Waals surface area contributed by atoms with Crippen LogP contribution in [0.4, 0.5) is 0 Å². The Hall–Kier alpha value is -1.81. The highest BCUT2D eigenvalue weighted by Gasteiger charge is 2.08. The van der Waals surface area contributed by atoms with Gasteiger partial charge in [0.2, 0.25) is 5.91 Å². The Morgan fingerprint density at radius 3 is 2.74 bits per heavy atom. The van der Waals surface area contributed by atoms with E-state index >= 15 is 0 Å². The van der Waals surface area contributed by atoms with E-state index in [4.69, 9.17) is 16.0 Å². The van der Waals surface area contributed by atoms with Gasteiger partial charge in [0.05, 0.1) is 6.20 Å². The standard InChI is InChI=1S/C18H23ClN2O2/c1-2-3-4-5-12-20-17(22)10-11-18-21-13-16(23-18)14-6-8-15(19)9-7-14/h6-9,13H,2-5,10-12H2,1H3,(H,20,22). The lowest BCUT2D eigenvalue weighted by Gasteiger charge is -2.03. The number of amides is 1. The SMILES string of the molecule is CCCCCCNC(=O)CCc1ncc(-c2ccc(Cl)cc2)o1. The Morgan fingerprint density at radius 2 is 2.00 bits per heavy atom. The molecule has 4 nitrogen and oxygen atoms in total. The lowest BCUT2D eigenvalue weighted by molar-refractivity contribution is -0.121. The van der Waals surface area contributed by atoms with Crippen molar-refractivity contribution in [2.45, 2.75) is 45.4 Å². The summed E-state index contributed by atoms with van der Waals surface area (Å²) >= 11 is 5.87. The summed E-state index contributed by atoms with van der Waals surface area (Å²) in [6.45, 7) is 2.92. The molecule has 1 amide bonds. The van der Waals surface area contributed by atoms with E-state index in [1.807, 2.05) is 24.3 Å². The van der Waals surface area contributed by atoms with E-state index in [9.17, 15) is 4.79 Å². The van der Waals surface area contributed by atoms with Gasteiger partial charge in [-0.05, 0) is 30.7 Å².